The Labute approximate surface area is 187 Å². The highest BCUT2D eigenvalue weighted by atomic mass is 32.2. The normalized spacial score (nSPS) is 11.0. The van der Waals surface area contributed by atoms with Crippen LogP contribution in [0.4, 0.5) is 10.0 Å². The zero-order chi connectivity index (χ0) is 21.7. The SMILES string of the molecule is CS(=O)(=O)c1nc(-c2ccccc2)c(N)s1.CSc1nc(-c2ccccc2)c(N)s1. The Morgan fingerprint density at radius 1 is 0.800 bits per heavy atom. The number of thiazole rings is 2. The average molecular weight is 477 g/mol. The van der Waals surface area contributed by atoms with E-state index in [1.165, 1.54) is 11.3 Å². The molecule has 6 nitrogen and oxygen atoms in total. The third-order valence-corrected chi connectivity index (χ3v) is 8.29. The van der Waals surface area contributed by atoms with Gasteiger partial charge < -0.3 is 11.5 Å². The first-order chi connectivity index (χ1) is 14.3. The van der Waals surface area contributed by atoms with Crippen molar-refractivity contribution in [3.63, 3.8) is 0 Å². The standard InChI is InChI=1S/C10H10N2O2S2.C10H10N2S2/c1-16(13,14)10-12-8(9(11)15-10)7-5-3-2-4-6-7;1-13-10-12-8(9(11)14-10)7-5-3-2-4-6-7/h2-6H,11H2,1H3;2-6H,11H2,1H3. The van der Waals surface area contributed by atoms with Crippen LogP contribution in [-0.2, 0) is 9.84 Å². The van der Waals surface area contributed by atoms with Crippen molar-refractivity contribution in [1.29, 1.82) is 0 Å². The maximum Gasteiger partial charge on any atom is 0.211 e. The third-order valence-electron chi connectivity index (χ3n) is 3.85. The van der Waals surface area contributed by atoms with E-state index in [1.54, 1.807) is 11.8 Å². The first kappa shape index (κ1) is 22.3. The Morgan fingerprint density at radius 3 is 1.67 bits per heavy atom. The molecule has 4 aromatic rings. The van der Waals surface area contributed by atoms with Gasteiger partial charge in [-0.1, -0.05) is 95.1 Å². The monoisotopic (exact) mass is 476 g/mol. The van der Waals surface area contributed by atoms with E-state index in [9.17, 15) is 8.42 Å². The lowest BCUT2D eigenvalue weighted by atomic mass is 10.2. The molecule has 0 saturated heterocycles. The molecule has 0 aliphatic rings. The number of hydrogen-bond donors (Lipinski definition) is 2. The van der Waals surface area contributed by atoms with E-state index < -0.39 is 9.84 Å². The molecule has 0 atom stereocenters. The minimum absolute atomic E-state index is 0.0591. The summed E-state index contributed by atoms with van der Waals surface area (Å²) in [4.78, 5) is 8.51. The molecule has 0 radical (unpaired) electrons. The van der Waals surface area contributed by atoms with Gasteiger partial charge in [-0.05, 0) is 6.26 Å². The molecule has 156 valence electrons. The second-order valence-electron chi connectivity index (χ2n) is 6.09. The molecule has 30 heavy (non-hydrogen) atoms. The summed E-state index contributed by atoms with van der Waals surface area (Å²) in [5.74, 6) is 0. The summed E-state index contributed by atoms with van der Waals surface area (Å²) in [6.45, 7) is 0. The molecule has 10 heteroatoms. The second kappa shape index (κ2) is 9.61. The van der Waals surface area contributed by atoms with Crippen LogP contribution in [0.5, 0.6) is 0 Å². The van der Waals surface area contributed by atoms with Gasteiger partial charge in [0.25, 0.3) is 0 Å². The molecule has 0 bridgehead atoms. The van der Waals surface area contributed by atoms with Crippen molar-refractivity contribution in [3.05, 3.63) is 60.7 Å². The van der Waals surface area contributed by atoms with E-state index in [0.29, 0.717) is 10.7 Å². The van der Waals surface area contributed by atoms with Crippen LogP contribution >= 0.6 is 34.4 Å². The largest absolute Gasteiger partial charge is 0.389 e. The number of nitrogens with zero attached hydrogens (tertiary/aromatic N) is 2. The van der Waals surface area contributed by atoms with Crippen molar-refractivity contribution in [3.8, 4) is 22.5 Å². The van der Waals surface area contributed by atoms with Gasteiger partial charge in [0, 0.05) is 17.4 Å². The molecule has 0 fully saturated rings. The summed E-state index contributed by atoms with van der Waals surface area (Å²) < 4.78 is 23.7. The molecule has 0 aliphatic carbocycles. The van der Waals surface area contributed by atoms with E-state index in [-0.39, 0.29) is 4.34 Å². The van der Waals surface area contributed by atoms with Crippen molar-refractivity contribution in [2.75, 3.05) is 24.0 Å². The first-order valence-electron chi connectivity index (χ1n) is 8.67. The number of anilines is 2. The van der Waals surface area contributed by atoms with Crippen molar-refractivity contribution >= 4 is 54.3 Å². The number of thioether (sulfide) groups is 1. The van der Waals surface area contributed by atoms with Gasteiger partial charge in [0.2, 0.25) is 14.2 Å². The Morgan fingerprint density at radius 2 is 1.27 bits per heavy atom. The van der Waals surface area contributed by atoms with Crippen molar-refractivity contribution in [2.24, 2.45) is 0 Å². The van der Waals surface area contributed by atoms with Gasteiger partial charge in [-0.15, -0.1) is 0 Å². The Balaban J connectivity index is 0.000000172. The summed E-state index contributed by atoms with van der Waals surface area (Å²) in [6.07, 6.45) is 3.13. The maximum atomic E-state index is 11.3. The van der Waals surface area contributed by atoms with Crippen molar-refractivity contribution < 1.29 is 8.42 Å². The lowest BCUT2D eigenvalue weighted by Gasteiger charge is -1.96. The topological polar surface area (TPSA) is 112 Å². The van der Waals surface area contributed by atoms with Crippen molar-refractivity contribution in [2.45, 2.75) is 8.68 Å². The van der Waals surface area contributed by atoms with Crippen LogP contribution < -0.4 is 11.5 Å². The number of nitrogens with two attached hydrogens (primary N) is 2. The molecule has 0 spiro atoms. The molecule has 0 aliphatic heterocycles. The highest BCUT2D eigenvalue weighted by molar-refractivity contribution is 8.00. The minimum Gasteiger partial charge on any atom is -0.389 e. The van der Waals surface area contributed by atoms with E-state index >= 15 is 0 Å². The average Bonchev–Trinajstić information content (AvgIpc) is 3.32. The van der Waals surface area contributed by atoms with E-state index in [1.807, 2.05) is 66.9 Å². The van der Waals surface area contributed by atoms with E-state index in [0.717, 1.165) is 43.8 Å². The fourth-order valence-electron chi connectivity index (χ4n) is 2.47. The van der Waals surface area contributed by atoms with Crippen LogP contribution in [0.2, 0.25) is 0 Å². The zero-order valence-electron chi connectivity index (χ0n) is 16.3. The van der Waals surface area contributed by atoms with Crippen LogP contribution in [0.25, 0.3) is 22.5 Å². The van der Waals surface area contributed by atoms with Gasteiger partial charge in [0.05, 0.1) is 0 Å². The van der Waals surface area contributed by atoms with Gasteiger partial charge in [-0.2, -0.15) is 0 Å². The second-order valence-corrected chi connectivity index (χ2v) is 11.4. The van der Waals surface area contributed by atoms with Gasteiger partial charge in [-0.3, -0.25) is 0 Å². The summed E-state index contributed by atoms with van der Waals surface area (Å²) in [5, 5.41) is 1.21. The van der Waals surface area contributed by atoms with Crippen LogP contribution in [-0.4, -0.2) is 30.9 Å². The Hall–Kier alpha value is -2.40. The lowest BCUT2D eigenvalue weighted by molar-refractivity contribution is 0.601. The molecule has 0 unspecified atom stereocenters. The summed E-state index contributed by atoms with van der Waals surface area (Å²) in [7, 11) is -3.29. The molecular weight excluding hydrogens is 457 g/mol. The molecular formula is C20H20N4O2S4. The number of benzene rings is 2. The first-order valence-corrected chi connectivity index (χ1v) is 13.4. The fourth-order valence-corrected chi connectivity index (χ4v) is 5.56. The zero-order valence-corrected chi connectivity index (χ0v) is 19.5. The van der Waals surface area contributed by atoms with E-state index in [2.05, 4.69) is 9.97 Å². The number of aromatic nitrogens is 2. The predicted molar refractivity (Wildman–Crippen MR) is 129 cm³/mol. The summed E-state index contributed by atoms with van der Waals surface area (Å²) >= 11 is 4.16. The van der Waals surface area contributed by atoms with Crippen LogP contribution in [0, 0.1) is 0 Å². The number of nitrogen functional groups attached to an aromatic ring is 2. The molecule has 2 aromatic carbocycles. The van der Waals surface area contributed by atoms with Gasteiger partial charge in [0.15, 0.2) is 4.34 Å². The molecule has 4 rings (SSSR count). The highest BCUT2D eigenvalue weighted by Gasteiger charge is 2.17. The lowest BCUT2D eigenvalue weighted by Crippen LogP contribution is -1.95. The highest BCUT2D eigenvalue weighted by Crippen LogP contribution is 2.34. The molecule has 4 N–H and O–H groups in total. The molecule has 2 heterocycles. The fraction of sp³-hybridized carbons (Fsp3) is 0.100. The minimum atomic E-state index is -3.29. The van der Waals surface area contributed by atoms with Crippen LogP contribution in [0.1, 0.15) is 0 Å². The van der Waals surface area contributed by atoms with Gasteiger partial charge >= 0.3 is 0 Å². The van der Waals surface area contributed by atoms with Crippen LogP contribution in [0.15, 0.2) is 69.3 Å². The molecule has 0 amide bonds. The van der Waals surface area contributed by atoms with Crippen LogP contribution in [0.3, 0.4) is 0 Å². The smallest absolute Gasteiger partial charge is 0.211 e. The number of rotatable bonds is 4. The van der Waals surface area contributed by atoms with Gasteiger partial charge in [0.1, 0.15) is 21.4 Å². The Bertz CT molecular complexity index is 1220. The van der Waals surface area contributed by atoms with E-state index in [4.69, 9.17) is 11.5 Å². The predicted octanol–water partition coefficient (Wildman–Crippen LogP) is 4.91. The number of sulfone groups is 1. The third kappa shape index (κ3) is 5.39. The maximum absolute atomic E-state index is 11.3. The number of hydrogen-bond acceptors (Lipinski definition) is 9. The Kier molecular flexibility index (Phi) is 7.14. The van der Waals surface area contributed by atoms with Crippen molar-refractivity contribution in [1.82, 2.24) is 9.97 Å². The summed E-state index contributed by atoms with van der Waals surface area (Å²) in [5.41, 5.74) is 15.0. The quantitative estimate of drug-likeness (QED) is 0.402. The summed E-state index contributed by atoms with van der Waals surface area (Å²) in [6, 6.07) is 19.3. The molecule has 2 aromatic heterocycles. The molecule has 0 saturated carbocycles. The van der Waals surface area contributed by atoms with Gasteiger partial charge in [-0.25, -0.2) is 18.4 Å².